The average Bonchev–Trinajstić information content (AvgIpc) is 3.16. The van der Waals surface area contributed by atoms with Crippen LogP contribution in [0.5, 0.6) is 11.5 Å². The second kappa shape index (κ2) is 9.20. The number of nitrogens with zero attached hydrogens (tertiary/aromatic N) is 2. The van der Waals surface area contributed by atoms with Crippen LogP contribution in [0.2, 0.25) is 0 Å². The number of nitrogens with one attached hydrogen (secondary N) is 1. The summed E-state index contributed by atoms with van der Waals surface area (Å²) in [6, 6.07) is 14.1. The molecule has 0 aliphatic heterocycles. The van der Waals surface area contributed by atoms with E-state index in [1.54, 1.807) is 25.1 Å². The smallest absolute Gasteiger partial charge is 0.287 e. The molecule has 0 saturated carbocycles. The fourth-order valence-corrected chi connectivity index (χ4v) is 3.28. The molecule has 2 aromatic heterocycles. The number of benzene rings is 2. The Kier molecular flexibility index (Phi) is 6.17. The molecule has 1 amide bonds. The molecule has 8 nitrogen and oxygen atoms in total. The zero-order valence-electron chi connectivity index (χ0n) is 19.0. The molecule has 4 rings (SSSR count). The molecule has 0 bridgehead atoms. The van der Waals surface area contributed by atoms with E-state index in [2.05, 4.69) is 10.3 Å². The topological polar surface area (TPSA) is 95.1 Å². The Labute approximate surface area is 190 Å². The van der Waals surface area contributed by atoms with Crippen molar-refractivity contribution >= 4 is 17.2 Å². The van der Waals surface area contributed by atoms with Crippen LogP contribution in [-0.2, 0) is 11.4 Å². The van der Waals surface area contributed by atoms with Gasteiger partial charge in [-0.15, -0.1) is 4.57 Å². The monoisotopic (exact) mass is 447 g/mol. The number of carbonyl (C=O) groups excluding carboxylic acids is 1. The van der Waals surface area contributed by atoms with Crippen molar-refractivity contribution < 1.29 is 18.8 Å². The van der Waals surface area contributed by atoms with Gasteiger partial charge in [-0.05, 0) is 62.6 Å². The number of ether oxygens (including phenoxy) is 2. The van der Waals surface area contributed by atoms with Gasteiger partial charge in [0.25, 0.3) is 11.5 Å². The number of rotatable bonds is 7. The average molecular weight is 447 g/mol. The van der Waals surface area contributed by atoms with E-state index in [0.29, 0.717) is 34.3 Å². The van der Waals surface area contributed by atoms with Crippen LogP contribution in [0.1, 0.15) is 28.1 Å². The number of amides is 1. The normalized spacial score (nSPS) is 10.9. The second-order valence-corrected chi connectivity index (χ2v) is 7.94. The van der Waals surface area contributed by atoms with Crippen molar-refractivity contribution in [2.24, 2.45) is 0 Å². The predicted octanol–water partition coefficient (Wildman–Crippen LogP) is 4.12. The van der Waals surface area contributed by atoms with E-state index in [0.717, 1.165) is 15.7 Å². The van der Waals surface area contributed by atoms with Gasteiger partial charge in [0.1, 0.15) is 23.9 Å². The Morgan fingerprint density at radius 3 is 2.55 bits per heavy atom. The second-order valence-electron chi connectivity index (χ2n) is 7.94. The summed E-state index contributed by atoms with van der Waals surface area (Å²) in [6.07, 6.45) is 0. The highest BCUT2D eigenvalue weighted by molar-refractivity contribution is 5.92. The van der Waals surface area contributed by atoms with Crippen LogP contribution in [0, 0.1) is 27.7 Å². The number of aromatic nitrogens is 2. The molecule has 2 heterocycles. The van der Waals surface area contributed by atoms with Gasteiger partial charge in [-0.2, -0.15) is 0 Å². The van der Waals surface area contributed by atoms with E-state index in [4.69, 9.17) is 14.0 Å². The molecule has 0 aliphatic carbocycles. The molecule has 0 fully saturated rings. The summed E-state index contributed by atoms with van der Waals surface area (Å²) in [7, 11) is 0. The third kappa shape index (κ3) is 5.23. The lowest BCUT2D eigenvalue weighted by atomic mass is 10.1. The summed E-state index contributed by atoms with van der Waals surface area (Å²) in [5, 5.41) is 2.81. The van der Waals surface area contributed by atoms with Gasteiger partial charge in [0, 0.05) is 23.9 Å². The first-order chi connectivity index (χ1) is 15.8. The Balaban J connectivity index is 1.39. The first kappa shape index (κ1) is 22.1. The van der Waals surface area contributed by atoms with E-state index < -0.39 is 0 Å². The molecule has 0 radical (unpaired) electrons. The highest BCUT2D eigenvalue weighted by Gasteiger charge is 2.10. The summed E-state index contributed by atoms with van der Waals surface area (Å²) in [5.74, 6) is 1.54. The van der Waals surface area contributed by atoms with Crippen molar-refractivity contribution in [3.05, 3.63) is 87.0 Å². The van der Waals surface area contributed by atoms with Crippen LogP contribution in [0.4, 0.5) is 5.69 Å². The predicted molar refractivity (Wildman–Crippen MR) is 124 cm³/mol. The zero-order chi connectivity index (χ0) is 23.5. The summed E-state index contributed by atoms with van der Waals surface area (Å²) >= 11 is 0. The third-order valence-electron chi connectivity index (χ3n) is 5.22. The minimum atomic E-state index is -0.312. The van der Waals surface area contributed by atoms with Gasteiger partial charge in [0.15, 0.2) is 12.3 Å². The molecule has 8 heteroatoms. The lowest BCUT2D eigenvalue weighted by Crippen LogP contribution is -2.20. The van der Waals surface area contributed by atoms with Crippen molar-refractivity contribution in [3.8, 4) is 11.5 Å². The maximum absolute atomic E-state index is 12.3. The summed E-state index contributed by atoms with van der Waals surface area (Å²) < 4.78 is 17.9. The Morgan fingerprint density at radius 2 is 1.76 bits per heavy atom. The number of hydrogen-bond acceptors (Lipinski definition) is 6. The zero-order valence-corrected chi connectivity index (χ0v) is 19.0. The van der Waals surface area contributed by atoms with Gasteiger partial charge in [-0.1, -0.05) is 12.1 Å². The number of fused-ring (bicyclic) bond motifs is 1. The number of hydrogen-bond donors (Lipinski definition) is 1. The summed E-state index contributed by atoms with van der Waals surface area (Å²) in [6.45, 7) is 7.66. The number of carbonyl (C=O) groups is 1. The number of aryl methyl sites for hydroxylation is 4. The Morgan fingerprint density at radius 1 is 0.970 bits per heavy atom. The highest BCUT2D eigenvalue weighted by atomic mass is 16.5. The highest BCUT2D eigenvalue weighted by Crippen LogP contribution is 2.24. The molecule has 0 unspecified atom stereocenters. The fraction of sp³-hybridized carbons (Fsp3) is 0.240. The van der Waals surface area contributed by atoms with E-state index in [9.17, 15) is 9.59 Å². The van der Waals surface area contributed by atoms with Crippen molar-refractivity contribution in [3.63, 3.8) is 0 Å². The van der Waals surface area contributed by atoms with Crippen LogP contribution in [0.15, 0.2) is 57.8 Å². The fourth-order valence-electron chi connectivity index (χ4n) is 3.28. The molecular formula is C25H25N3O5. The molecule has 1 N–H and O–H groups in total. The first-order valence-corrected chi connectivity index (χ1v) is 10.5. The van der Waals surface area contributed by atoms with E-state index >= 15 is 0 Å². The molecule has 2 aromatic carbocycles. The van der Waals surface area contributed by atoms with Crippen LogP contribution in [-0.4, -0.2) is 22.1 Å². The first-order valence-electron chi connectivity index (χ1n) is 10.5. The summed E-state index contributed by atoms with van der Waals surface area (Å²) in [5.41, 5.74) is 4.34. The molecule has 33 heavy (non-hydrogen) atoms. The molecule has 0 aliphatic rings. The maximum Gasteiger partial charge on any atom is 0.287 e. The molecular weight excluding hydrogens is 422 g/mol. The SMILES string of the molecule is Cc1cc2nc(COc3cc(NC(=O)COc4ccc(C)c(C)c4)ccc3C)cc(=O)n2o1. The van der Waals surface area contributed by atoms with E-state index in [1.165, 1.54) is 11.6 Å². The van der Waals surface area contributed by atoms with Gasteiger partial charge >= 0.3 is 0 Å². The van der Waals surface area contributed by atoms with Gasteiger partial charge in [0.2, 0.25) is 0 Å². The van der Waals surface area contributed by atoms with Crippen LogP contribution >= 0.6 is 0 Å². The molecule has 170 valence electrons. The molecule has 0 saturated heterocycles. The minimum Gasteiger partial charge on any atom is -0.487 e. The van der Waals surface area contributed by atoms with Crippen molar-refractivity contribution in [2.75, 3.05) is 11.9 Å². The van der Waals surface area contributed by atoms with Crippen molar-refractivity contribution in [1.82, 2.24) is 9.56 Å². The molecule has 0 atom stereocenters. The largest absolute Gasteiger partial charge is 0.487 e. The number of anilines is 1. The van der Waals surface area contributed by atoms with Crippen LogP contribution in [0.25, 0.3) is 5.65 Å². The molecule has 4 aromatic rings. The van der Waals surface area contributed by atoms with E-state index in [-0.39, 0.29) is 24.7 Å². The van der Waals surface area contributed by atoms with Gasteiger partial charge < -0.3 is 19.3 Å². The van der Waals surface area contributed by atoms with Gasteiger partial charge in [-0.25, -0.2) is 4.98 Å². The van der Waals surface area contributed by atoms with E-state index in [1.807, 2.05) is 45.0 Å². The minimum absolute atomic E-state index is 0.101. The van der Waals surface area contributed by atoms with Gasteiger partial charge in [-0.3, -0.25) is 9.59 Å². The van der Waals surface area contributed by atoms with Crippen LogP contribution in [0.3, 0.4) is 0 Å². The standard InChI is InChI=1S/C25H25N3O5/c1-15-6-8-21(9-17(15)3)31-14-24(29)27-19-7-5-16(2)22(11-19)32-13-20-12-25(30)28-23(26-20)10-18(4)33-28/h5-12H,13-14H2,1-4H3,(H,27,29). The Bertz CT molecular complexity index is 1390. The van der Waals surface area contributed by atoms with Crippen LogP contribution < -0.4 is 20.3 Å². The van der Waals surface area contributed by atoms with Crippen molar-refractivity contribution in [2.45, 2.75) is 34.3 Å². The Hall–Kier alpha value is -4.07. The summed E-state index contributed by atoms with van der Waals surface area (Å²) in [4.78, 5) is 28.9. The maximum atomic E-state index is 12.3. The quantitative estimate of drug-likeness (QED) is 0.458. The van der Waals surface area contributed by atoms with Gasteiger partial charge in [0.05, 0.1) is 5.69 Å². The lowest BCUT2D eigenvalue weighted by molar-refractivity contribution is -0.118. The molecule has 0 spiro atoms. The van der Waals surface area contributed by atoms with Crippen molar-refractivity contribution in [1.29, 1.82) is 0 Å². The third-order valence-corrected chi connectivity index (χ3v) is 5.22. The lowest BCUT2D eigenvalue weighted by Gasteiger charge is -2.12.